The molecule has 0 fully saturated rings. The largest absolute Gasteiger partial charge is 0.375 e. The zero-order valence-electron chi connectivity index (χ0n) is 11.8. The topological polar surface area (TPSA) is 98.6 Å². The van der Waals surface area contributed by atoms with Crippen molar-refractivity contribution in [3.05, 3.63) is 23.8 Å². The van der Waals surface area contributed by atoms with Crippen LogP contribution < -0.4 is 0 Å². The van der Waals surface area contributed by atoms with E-state index >= 15 is 0 Å². The van der Waals surface area contributed by atoms with E-state index in [-0.39, 0.29) is 31.1 Å². The van der Waals surface area contributed by atoms with E-state index in [9.17, 15) is 14.5 Å². The molecule has 0 spiro atoms. The highest BCUT2D eigenvalue weighted by Gasteiger charge is 2.36. The molecule has 0 saturated heterocycles. The number of rotatable bonds is 8. The van der Waals surface area contributed by atoms with Gasteiger partial charge in [0.15, 0.2) is 5.85 Å². The van der Waals surface area contributed by atoms with Crippen LogP contribution in [0.15, 0.2) is 12.4 Å². The fourth-order valence-electron chi connectivity index (χ4n) is 1.54. The molecule has 1 aromatic heterocycles. The quantitative estimate of drug-likeness (QED) is 0.732. The van der Waals surface area contributed by atoms with Crippen LogP contribution >= 0.6 is 7.60 Å². The van der Waals surface area contributed by atoms with Crippen LogP contribution in [0.3, 0.4) is 0 Å². The van der Waals surface area contributed by atoms with Crippen LogP contribution in [-0.4, -0.2) is 34.1 Å². The van der Waals surface area contributed by atoms with E-state index in [4.69, 9.17) is 9.05 Å². The molecule has 0 bridgehead atoms. The highest BCUT2D eigenvalue weighted by Crippen LogP contribution is 2.58. The van der Waals surface area contributed by atoms with Crippen molar-refractivity contribution in [1.82, 2.24) is 9.97 Å². The maximum atomic E-state index is 12.4. The van der Waals surface area contributed by atoms with Gasteiger partial charge in [0.05, 0.1) is 30.8 Å². The van der Waals surface area contributed by atoms with Crippen molar-refractivity contribution in [3.63, 3.8) is 0 Å². The van der Waals surface area contributed by atoms with Crippen molar-refractivity contribution >= 4 is 13.4 Å². The summed E-state index contributed by atoms with van der Waals surface area (Å²) in [5, 5.41) is 10.1. The van der Waals surface area contributed by atoms with E-state index in [2.05, 4.69) is 9.97 Å². The smallest absolute Gasteiger partial charge is 0.365 e. The molecule has 0 aliphatic carbocycles. The van der Waals surface area contributed by atoms with Gasteiger partial charge in [0, 0.05) is 12.6 Å². The first-order chi connectivity index (χ1) is 9.42. The Kier molecular flexibility index (Phi) is 6.42. The van der Waals surface area contributed by atoms with Gasteiger partial charge in [0.1, 0.15) is 5.78 Å². The molecule has 1 N–H and O–H groups in total. The number of Topliss-reactive ketones (excluding diaryl/α,β-unsaturated/α-hetero) is 1. The molecular formula is C12H19N2O5P. The molecule has 1 aromatic rings. The Balaban J connectivity index is 2.92. The Morgan fingerprint density at radius 3 is 2.30 bits per heavy atom. The van der Waals surface area contributed by atoms with E-state index in [1.165, 1.54) is 19.3 Å². The molecule has 0 saturated carbocycles. The van der Waals surface area contributed by atoms with Gasteiger partial charge in [-0.2, -0.15) is 0 Å². The third kappa shape index (κ3) is 4.45. The van der Waals surface area contributed by atoms with Gasteiger partial charge in [-0.05, 0) is 20.8 Å². The first-order valence-electron chi connectivity index (χ1n) is 6.30. The molecule has 0 aromatic carbocycles. The van der Waals surface area contributed by atoms with E-state index in [0.29, 0.717) is 5.69 Å². The van der Waals surface area contributed by atoms with E-state index in [1.54, 1.807) is 13.8 Å². The van der Waals surface area contributed by atoms with Crippen molar-refractivity contribution in [1.29, 1.82) is 0 Å². The first kappa shape index (κ1) is 16.9. The number of carbonyl (C=O) groups is 1. The number of nitrogens with zero attached hydrogens (tertiary/aromatic N) is 2. The summed E-state index contributed by atoms with van der Waals surface area (Å²) in [6, 6.07) is 0. The average Bonchev–Trinajstić information content (AvgIpc) is 2.38. The van der Waals surface area contributed by atoms with Gasteiger partial charge in [-0.1, -0.05) is 0 Å². The van der Waals surface area contributed by atoms with Gasteiger partial charge in [-0.3, -0.25) is 19.3 Å². The normalized spacial score (nSPS) is 13.2. The Bertz CT molecular complexity index is 481. The van der Waals surface area contributed by atoms with Crippen molar-refractivity contribution < 1.29 is 23.5 Å². The molecule has 0 aliphatic heterocycles. The zero-order chi connectivity index (χ0) is 15.2. The summed E-state index contributed by atoms with van der Waals surface area (Å²) in [5.41, 5.74) is 0.568. The highest BCUT2D eigenvalue weighted by molar-refractivity contribution is 7.54. The van der Waals surface area contributed by atoms with Crippen LogP contribution in [0.4, 0.5) is 0 Å². The molecule has 1 rings (SSSR count). The van der Waals surface area contributed by atoms with Crippen molar-refractivity contribution in [3.8, 4) is 0 Å². The van der Waals surface area contributed by atoms with Crippen molar-refractivity contribution in [2.24, 2.45) is 0 Å². The summed E-state index contributed by atoms with van der Waals surface area (Å²) >= 11 is 0. The zero-order valence-corrected chi connectivity index (χ0v) is 12.7. The van der Waals surface area contributed by atoms with E-state index < -0.39 is 13.4 Å². The molecule has 8 heteroatoms. The Morgan fingerprint density at radius 1 is 1.30 bits per heavy atom. The van der Waals surface area contributed by atoms with Crippen LogP contribution in [-0.2, 0) is 24.8 Å². The van der Waals surface area contributed by atoms with E-state index in [1.807, 2.05) is 0 Å². The molecule has 1 atom stereocenters. The predicted molar refractivity (Wildman–Crippen MR) is 72.2 cm³/mol. The lowest BCUT2D eigenvalue weighted by Crippen LogP contribution is -2.09. The molecule has 112 valence electrons. The van der Waals surface area contributed by atoms with Gasteiger partial charge >= 0.3 is 7.60 Å². The first-order valence-corrected chi connectivity index (χ1v) is 7.91. The SMILES string of the molecule is CCOP(=O)(OCC)C(O)c1cnc(CC(C)=O)cn1. The summed E-state index contributed by atoms with van der Waals surface area (Å²) in [6.07, 6.45) is 2.80. The van der Waals surface area contributed by atoms with E-state index in [0.717, 1.165) is 0 Å². The molecule has 20 heavy (non-hydrogen) atoms. The maximum Gasteiger partial charge on any atom is 0.365 e. The van der Waals surface area contributed by atoms with Crippen LogP contribution in [0, 0.1) is 0 Å². The second-order valence-corrected chi connectivity index (χ2v) is 6.15. The number of aliphatic hydroxyl groups is 1. The maximum absolute atomic E-state index is 12.4. The number of hydrogen-bond donors (Lipinski definition) is 1. The Labute approximate surface area is 117 Å². The third-order valence-electron chi connectivity index (χ3n) is 2.34. The minimum Gasteiger partial charge on any atom is -0.375 e. The molecule has 0 radical (unpaired) electrons. The predicted octanol–water partition coefficient (Wildman–Crippen LogP) is 1.87. The standard InChI is InChI=1S/C12H19N2O5P/c1-4-18-20(17,19-5-2)12(16)11-8-13-10(7-14-11)6-9(3)15/h7-8,12,16H,4-6H2,1-3H3. The van der Waals surface area contributed by atoms with Crippen molar-refractivity contribution in [2.75, 3.05) is 13.2 Å². The fourth-order valence-corrected chi connectivity index (χ4v) is 3.08. The summed E-state index contributed by atoms with van der Waals surface area (Å²) in [5.74, 6) is -1.54. The summed E-state index contributed by atoms with van der Waals surface area (Å²) < 4.78 is 22.4. The molecule has 1 unspecified atom stereocenters. The number of aromatic nitrogens is 2. The van der Waals surface area contributed by atoms with Crippen molar-refractivity contribution in [2.45, 2.75) is 33.0 Å². The van der Waals surface area contributed by atoms with Gasteiger partial charge in [-0.15, -0.1) is 0 Å². The fraction of sp³-hybridized carbons (Fsp3) is 0.583. The van der Waals surface area contributed by atoms with Gasteiger partial charge < -0.3 is 14.2 Å². The summed E-state index contributed by atoms with van der Waals surface area (Å²) in [7, 11) is -3.69. The summed E-state index contributed by atoms with van der Waals surface area (Å²) in [6.45, 7) is 5.04. The molecular weight excluding hydrogens is 283 g/mol. The number of aliphatic hydroxyl groups excluding tert-OH is 1. The minimum atomic E-state index is -3.69. The van der Waals surface area contributed by atoms with Gasteiger partial charge in [0.2, 0.25) is 0 Å². The number of carbonyl (C=O) groups excluding carboxylic acids is 1. The lowest BCUT2D eigenvalue weighted by Gasteiger charge is -2.21. The van der Waals surface area contributed by atoms with Crippen LogP contribution in [0.5, 0.6) is 0 Å². The van der Waals surface area contributed by atoms with Crippen LogP contribution in [0.25, 0.3) is 0 Å². The second-order valence-electron chi connectivity index (χ2n) is 4.06. The Hall–Kier alpha value is -1.14. The molecule has 1 heterocycles. The lowest BCUT2D eigenvalue weighted by molar-refractivity contribution is -0.116. The average molecular weight is 302 g/mol. The monoisotopic (exact) mass is 302 g/mol. The number of ketones is 1. The van der Waals surface area contributed by atoms with Crippen LogP contribution in [0.1, 0.15) is 38.0 Å². The van der Waals surface area contributed by atoms with Gasteiger partial charge in [0.25, 0.3) is 0 Å². The molecule has 0 amide bonds. The van der Waals surface area contributed by atoms with Crippen LogP contribution in [0.2, 0.25) is 0 Å². The highest BCUT2D eigenvalue weighted by atomic mass is 31.2. The summed E-state index contributed by atoms with van der Waals surface area (Å²) in [4.78, 5) is 18.9. The van der Waals surface area contributed by atoms with Gasteiger partial charge in [-0.25, -0.2) is 0 Å². The third-order valence-corrected chi connectivity index (χ3v) is 4.44. The Morgan fingerprint density at radius 2 is 1.90 bits per heavy atom. The number of hydrogen-bond acceptors (Lipinski definition) is 7. The molecule has 0 aliphatic rings. The molecule has 7 nitrogen and oxygen atoms in total. The second kappa shape index (κ2) is 7.59. The minimum absolute atomic E-state index is 0.0399. The lowest BCUT2D eigenvalue weighted by atomic mass is 10.2.